The van der Waals surface area contributed by atoms with Gasteiger partial charge >= 0.3 is 137 Å². The van der Waals surface area contributed by atoms with E-state index in [2.05, 4.69) is 96.7 Å². The van der Waals surface area contributed by atoms with Crippen LogP contribution in [-0.4, -0.2) is 28.2 Å². The molecule has 1 saturated carbocycles. The summed E-state index contributed by atoms with van der Waals surface area (Å²) in [5, 5.41) is 2.08. The van der Waals surface area contributed by atoms with Crippen molar-refractivity contribution in [2.24, 2.45) is 5.92 Å². The fraction of sp³-hybridized carbons (Fsp3) is 0.341. The topological polar surface area (TPSA) is 51.8 Å². The fourth-order valence-corrected chi connectivity index (χ4v) is 9.86. The van der Waals surface area contributed by atoms with Crippen LogP contribution in [0.4, 0.5) is 0 Å². The summed E-state index contributed by atoms with van der Waals surface area (Å²) in [5.74, 6) is 8.31. The molecule has 1 fully saturated rings. The van der Waals surface area contributed by atoms with Gasteiger partial charge in [-0.15, -0.1) is 18.2 Å². The number of rotatable bonds is 5. The van der Waals surface area contributed by atoms with Crippen molar-refractivity contribution in [2.75, 3.05) is 0 Å². The SMILES string of the molecule is Cc1cc2oc3c(-c4cc(C(C)(C)C)ccn4)[c-]ccc3c2cn1.[CH3][Ge]([CH3])([CH3])[c]1cnc(-c2[c-]cccc2)cc1CC1CCCC1.[Ir]. The van der Waals surface area contributed by atoms with Gasteiger partial charge in [0.05, 0.1) is 5.58 Å². The van der Waals surface area contributed by atoms with Gasteiger partial charge in [-0.05, 0) is 29.7 Å². The molecule has 0 unspecified atom stereocenters. The first-order valence-electron chi connectivity index (χ1n) is 16.6. The molecule has 4 heterocycles. The number of fused-ring (bicyclic) bond motifs is 3. The average Bonchev–Trinajstić information content (AvgIpc) is 3.68. The molecule has 7 rings (SSSR count). The molecule has 0 aliphatic heterocycles. The number of hydrogen-bond donors (Lipinski definition) is 0. The van der Waals surface area contributed by atoms with E-state index < -0.39 is 13.3 Å². The zero-order valence-corrected chi connectivity index (χ0v) is 33.2. The number of aromatic nitrogens is 3. The van der Waals surface area contributed by atoms with E-state index in [1.54, 1.807) is 9.96 Å². The summed E-state index contributed by atoms with van der Waals surface area (Å²) in [5.41, 5.74) is 9.48. The third-order valence-corrected chi connectivity index (χ3v) is 13.4. The molecule has 4 nitrogen and oxygen atoms in total. The summed E-state index contributed by atoms with van der Waals surface area (Å²) in [6.45, 7) is 8.57. The molecule has 2 aromatic carbocycles. The van der Waals surface area contributed by atoms with E-state index in [0.717, 1.165) is 56.1 Å². The van der Waals surface area contributed by atoms with E-state index in [-0.39, 0.29) is 25.5 Å². The van der Waals surface area contributed by atoms with Gasteiger partial charge in [0.15, 0.2) is 0 Å². The van der Waals surface area contributed by atoms with Gasteiger partial charge in [-0.3, -0.25) is 4.98 Å². The molecule has 6 aromatic rings. The van der Waals surface area contributed by atoms with Crippen LogP contribution in [0.3, 0.4) is 0 Å². The number of furan rings is 1. The van der Waals surface area contributed by atoms with Crippen LogP contribution in [0.5, 0.6) is 0 Å². The normalized spacial score (nSPS) is 13.8. The quantitative estimate of drug-likeness (QED) is 0.128. The number of benzene rings is 2. The van der Waals surface area contributed by atoms with E-state index in [1.807, 2.05) is 49.6 Å². The van der Waals surface area contributed by atoms with Crippen molar-refractivity contribution in [1.82, 2.24) is 15.0 Å². The Kier molecular flexibility index (Phi) is 10.9. The van der Waals surface area contributed by atoms with Crippen molar-refractivity contribution in [3.63, 3.8) is 0 Å². The third-order valence-electron chi connectivity index (χ3n) is 9.10. The van der Waals surface area contributed by atoms with Crippen molar-refractivity contribution >= 4 is 39.6 Å². The van der Waals surface area contributed by atoms with E-state index in [0.29, 0.717) is 0 Å². The Morgan fingerprint density at radius 3 is 2.34 bits per heavy atom. The predicted molar refractivity (Wildman–Crippen MR) is 194 cm³/mol. The van der Waals surface area contributed by atoms with Crippen molar-refractivity contribution in [3.8, 4) is 22.5 Å². The molecule has 245 valence electrons. The minimum absolute atomic E-state index is 0. The van der Waals surface area contributed by atoms with Gasteiger partial charge in [0, 0.05) is 49.6 Å². The molecule has 0 saturated heterocycles. The molecule has 6 heteroatoms. The second-order valence-electron chi connectivity index (χ2n) is 14.8. The standard InChI is InChI=1S/C21H19N2O.C20H26GeN.Ir/c1-13-10-19-17(12-23-13)15-6-5-7-16(20(15)24-19)18-11-14(8-9-22-18)21(2,3)4;1-21(2,3)19-15-22-20(17-11-5-4-6-12-17)14-18(19)13-16-9-7-8-10-16;/h5-6,8-12H,1-4H3;4-6,11,14-16H,7-10,13H2,1-3H3;/q2*-1;. The monoisotopic (exact) mass is 862 g/mol. The van der Waals surface area contributed by atoms with Crippen molar-refractivity contribution < 1.29 is 24.5 Å². The summed E-state index contributed by atoms with van der Waals surface area (Å²) >= 11 is -1.87. The largest absolute Gasteiger partial charge is 0 e. The minimum Gasteiger partial charge on any atom is 0 e. The summed E-state index contributed by atoms with van der Waals surface area (Å²) in [4.78, 5) is 13.7. The first-order chi connectivity index (χ1) is 22.0. The van der Waals surface area contributed by atoms with Gasteiger partial charge in [-0.1, -0.05) is 37.8 Å². The number of nitrogens with zero attached hydrogens (tertiary/aromatic N) is 3. The van der Waals surface area contributed by atoms with Crippen LogP contribution in [0.2, 0.25) is 17.3 Å². The van der Waals surface area contributed by atoms with Crippen LogP contribution in [0.15, 0.2) is 83.7 Å². The van der Waals surface area contributed by atoms with Crippen molar-refractivity contribution in [2.45, 2.75) is 82.5 Å². The molecular weight excluding hydrogens is 815 g/mol. The Morgan fingerprint density at radius 1 is 0.851 bits per heavy atom. The first-order valence-corrected chi connectivity index (χ1v) is 23.9. The Hall–Kier alpha value is -3.12. The third kappa shape index (κ3) is 8.13. The molecular formula is C41H45GeIrN3O-2. The molecule has 0 amide bonds. The maximum atomic E-state index is 6.13. The van der Waals surface area contributed by atoms with Crippen LogP contribution in [0.25, 0.3) is 44.5 Å². The molecule has 0 atom stereocenters. The minimum atomic E-state index is -1.87. The second kappa shape index (κ2) is 14.6. The molecule has 0 spiro atoms. The maximum Gasteiger partial charge on any atom is 0 e. The Balaban J connectivity index is 0.000000181. The van der Waals surface area contributed by atoms with Crippen LogP contribution >= 0.6 is 0 Å². The van der Waals surface area contributed by atoms with Crippen molar-refractivity contribution in [1.29, 1.82) is 0 Å². The van der Waals surface area contributed by atoms with E-state index in [4.69, 9.17) is 9.40 Å². The summed E-state index contributed by atoms with van der Waals surface area (Å²) in [6, 6.07) is 27.3. The van der Waals surface area contributed by atoms with E-state index in [9.17, 15) is 0 Å². The molecule has 0 bridgehead atoms. The number of aryl methyl sites for hydroxylation is 1. The maximum absolute atomic E-state index is 6.13. The zero-order valence-electron chi connectivity index (χ0n) is 28.7. The molecule has 0 N–H and O–H groups in total. The Labute approximate surface area is 296 Å². The zero-order chi connectivity index (χ0) is 32.5. The fourth-order valence-electron chi connectivity index (χ4n) is 6.52. The van der Waals surface area contributed by atoms with Gasteiger partial charge in [0.1, 0.15) is 5.58 Å². The van der Waals surface area contributed by atoms with Gasteiger partial charge in [-0.25, -0.2) is 0 Å². The predicted octanol–water partition coefficient (Wildman–Crippen LogP) is 10.3. The number of pyridine rings is 3. The van der Waals surface area contributed by atoms with Crippen molar-refractivity contribution in [3.05, 3.63) is 108 Å². The average molecular weight is 861 g/mol. The molecule has 1 aliphatic carbocycles. The second-order valence-corrected chi connectivity index (χ2v) is 25.4. The first kappa shape index (κ1) is 35.2. The Morgan fingerprint density at radius 2 is 1.64 bits per heavy atom. The molecule has 1 aliphatic rings. The summed E-state index contributed by atoms with van der Waals surface area (Å²) in [6.07, 6.45) is 12.8. The van der Waals surface area contributed by atoms with Gasteiger partial charge in [0.2, 0.25) is 0 Å². The van der Waals surface area contributed by atoms with E-state index in [1.165, 1.54) is 37.7 Å². The van der Waals surface area contributed by atoms with Gasteiger partial charge < -0.3 is 9.40 Å². The smallest absolute Gasteiger partial charge is 0 e. The van der Waals surface area contributed by atoms with Crippen LogP contribution in [-0.2, 0) is 31.9 Å². The molecule has 1 radical (unpaired) electrons. The molecule has 47 heavy (non-hydrogen) atoms. The van der Waals surface area contributed by atoms with Gasteiger partial charge in [0.25, 0.3) is 0 Å². The van der Waals surface area contributed by atoms with Crippen LogP contribution in [0.1, 0.15) is 63.3 Å². The summed E-state index contributed by atoms with van der Waals surface area (Å²) < 4.78 is 7.72. The summed E-state index contributed by atoms with van der Waals surface area (Å²) in [7, 11) is 0. The van der Waals surface area contributed by atoms with Crippen LogP contribution < -0.4 is 4.40 Å². The molecule has 4 aromatic heterocycles. The van der Waals surface area contributed by atoms with E-state index >= 15 is 0 Å². The van der Waals surface area contributed by atoms with Gasteiger partial charge in [-0.2, -0.15) is 0 Å². The van der Waals surface area contributed by atoms with Crippen LogP contribution in [0, 0.1) is 25.0 Å². The Bertz CT molecular complexity index is 1970. The number of hydrogen-bond acceptors (Lipinski definition) is 4.